The number of unbranched alkanes of at least 4 members (excludes halogenated alkanes) is 1. The predicted octanol–water partition coefficient (Wildman–Crippen LogP) is 2.95. The normalized spacial score (nSPS) is 11.2. The van der Waals surface area contributed by atoms with E-state index < -0.39 is 15.8 Å². The summed E-state index contributed by atoms with van der Waals surface area (Å²) in [4.78, 5) is 24.1. The number of amides is 1. The van der Waals surface area contributed by atoms with E-state index in [1.54, 1.807) is 6.07 Å². The first-order valence-corrected chi connectivity index (χ1v) is 10.2. The van der Waals surface area contributed by atoms with E-state index in [0.717, 1.165) is 22.6 Å². The maximum Gasteiger partial charge on any atom is 0.345 e. The largest absolute Gasteiger partial charge is 0.477 e. The second kappa shape index (κ2) is 8.26. The number of benzene rings is 1. The fourth-order valence-electron chi connectivity index (χ4n) is 2.12. The number of nitrogens with one attached hydrogen (secondary N) is 1. The third kappa shape index (κ3) is 5.14. The summed E-state index contributed by atoms with van der Waals surface area (Å²) in [6.45, 7) is 2.14. The van der Waals surface area contributed by atoms with Gasteiger partial charge in [0.1, 0.15) is 4.88 Å². The van der Waals surface area contributed by atoms with Gasteiger partial charge in [0.05, 0.1) is 17.2 Å². The summed E-state index contributed by atoms with van der Waals surface area (Å²) in [6.07, 6.45) is 1.40. The van der Waals surface area contributed by atoms with Crippen LogP contribution in [0, 0.1) is 0 Å². The van der Waals surface area contributed by atoms with E-state index in [1.807, 2.05) is 6.92 Å². The quantitative estimate of drug-likeness (QED) is 0.732. The van der Waals surface area contributed by atoms with Crippen molar-refractivity contribution in [3.05, 3.63) is 51.7 Å². The molecule has 2 N–H and O–H groups in total. The van der Waals surface area contributed by atoms with Crippen molar-refractivity contribution in [1.82, 2.24) is 5.32 Å². The van der Waals surface area contributed by atoms with Crippen molar-refractivity contribution in [2.45, 2.75) is 31.2 Å². The monoisotopic (exact) mass is 381 g/mol. The van der Waals surface area contributed by atoms with Crippen molar-refractivity contribution in [1.29, 1.82) is 0 Å². The molecular formula is C17H19NO5S2. The van der Waals surface area contributed by atoms with Crippen LogP contribution in [0.4, 0.5) is 0 Å². The average Bonchev–Trinajstić information content (AvgIpc) is 3.07. The highest BCUT2D eigenvalue weighted by Gasteiger charge is 2.15. The van der Waals surface area contributed by atoms with Gasteiger partial charge >= 0.3 is 5.97 Å². The Morgan fingerprint density at radius 1 is 1.12 bits per heavy atom. The SMILES string of the molecule is CCCCS(=O)(=O)c1ccc(C(=O)NCc2ccc(C(=O)O)s2)cc1. The topological polar surface area (TPSA) is 101 Å². The maximum atomic E-state index is 12.1. The molecular weight excluding hydrogens is 362 g/mol. The number of aromatic carboxylic acids is 1. The highest BCUT2D eigenvalue weighted by Crippen LogP contribution is 2.17. The molecule has 0 atom stereocenters. The lowest BCUT2D eigenvalue weighted by molar-refractivity contribution is 0.0702. The third-order valence-electron chi connectivity index (χ3n) is 3.54. The molecule has 0 aliphatic heterocycles. The molecule has 1 aromatic heterocycles. The van der Waals surface area contributed by atoms with Crippen LogP contribution >= 0.6 is 11.3 Å². The smallest absolute Gasteiger partial charge is 0.345 e. The molecule has 8 heteroatoms. The average molecular weight is 381 g/mol. The Kier molecular flexibility index (Phi) is 6.33. The number of hydrogen-bond acceptors (Lipinski definition) is 5. The van der Waals surface area contributed by atoms with Crippen LogP contribution in [0.1, 0.15) is 44.7 Å². The standard InChI is InChI=1S/C17H19NO5S2/c1-2-3-10-25(22,23)14-7-4-12(5-8-14)16(19)18-11-13-6-9-15(24-13)17(20)21/h4-9H,2-3,10-11H2,1H3,(H,18,19)(H,20,21). The first-order chi connectivity index (χ1) is 11.8. The summed E-state index contributed by atoms with van der Waals surface area (Å²) in [6, 6.07) is 8.97. The molecule has 0 fully saturated rings. The first-order valence-electron chi connectivity index (χ1n) is 7.76. The fraction of sp³-hybridized carbons (Fsp3) is 0.294. The summed E-state index contributed by atoms with van der Waals surface area (Å²) in [5, 5.41) is 11.6. The lowest BCUT2D eigenvalue weighted by atomic mass is 10.2. The zero-order chi connectivity index (χ0) is 18.4. The Bertz CT molecular complexity index is 853. The number of thiophene rings is 1. The molecule has 0 aliphatic carbocycles. The van der Waals surface area contributed by atoms with Crippen molar-refractivity contribution in [3.8, 4) is 0 Å². The molecule has 0 radical (unpaired) electrons. The molecule has 0 unspecified atom stereocenters. The second-order valence-corrected chi connectivity index (χ2v) is 8.73. The Morgan fingerprint density at radius 2 is 1.80 bits per heavy atom. The van der Waals surface area contributed by atoms with Gasteiger partial charge in [-0.15, -0.1) is 11.3 Å². The minimum atomic E-state index is -3.31. The number of hydrogen-bond donors (Lipinski definition) is 2. The minimum Gasteiger partial charge on any atom is -0.477 e. The summed E-state index contributed by atoms with van der Waals surface area (Å²) >= 11 is 1.10. The lowest BCUT2D eigenvalue weighted by Crippen LogP contribution is -2.22. The highest BCUT2D eigenvalue weighted by atomic mass is 32.2. The van der Waals surface area contributed by atoms with Gasteiger partial charge in [0.15, 0.2) is 9.84 Å². The molecule has 0 saturated carbocycles. The summed E-state index contributed by atoms with van der Waals surface area (Å²) < 4.78 is 24.2. The van der Waals surface area contributed by atoms with Crippen molar-refractivity contribution in [3.63, 3.8) is 0 Å². The zero-order valence-corrected chi connectivity index (χ0v) is 15.3. The van der Waals surface area contributed by atoms with Crippen LogP contribution in [0.25, 0.3) is 0 Å². The van der Waals surface area contributed by atoms with E-state index in [9.17, 15) is 18.0 Å². The van der Waals surface area contributed by atoms with Crippen LogP contribution in [0.5, 0.6) is 0 Å². The van der Waals surface area contributed by atoms with Crippen LogP contribution < -0.4 is 5.32 Å². The highest BCUT2D eigenvalue weighted by molar-refractivity contribution is 7.91. The number of rotatable bonds is 8. The second-order valence-electron chi connectivity index (χ2n) is 5.45. The molecule has 2 aromatic rings. The summed E-state index contributed by atoms with van der Waals surface area (Å²) in [5.41, 5.74) is 0.351. The van der Waals surface area contributed by atoms with Crippen molar-refractivity contribution < 1.29 is 23.1 Å². The van der Waals surface area contributed by atoms with Gasteiger partial charge in [-0.1, -0.05) is 13.3 Å². The Hall–Kier alpha value is -2.19. The van der Waals surface area contributed by atoms with Crippen LogP contribution in [0.3, 0.4) is 0 Å². The third-order valence-corrected chi connectivity index (χ3v) is 6.43. The number of carboxylic acids is 1. The molecule has 1 amide bonds. The molecule has 0 saturated heterocycles. The molecule has 0 aliphatic rings. The lowest BCUT2D eigenvalue weighted by Gasteiger charge is -2.06. The zero-order valence-electron chi connectivity index (χ0n) is 13.7. The van der Waals surface area contributed by atoms with Crippen molar-refractivity contribution >= 4 is 33.1 Å². The number of carbonyl (C=O) groups is 2. The summed E-state index contributed by atoms with van der Waals surface area (Å²) in [5.74, 6) is -1.25. The van der Waals surface area contributed by atoms with E-state index in [0.29, 0.717) is 12.0 Å². The first kappa shape index (κ1) is 19.1. The molecule has 1 heterocycles. The van der Waals surface area contributed by atoms with Gasteiger partial charge in [0.2, 0.25) is 0 Å². The van der Waals surface area contributed by atoms with Gasteiger partial charge in [-0.3, -0.25) is 4.79 Å². The van der Waals surface area contributed by atoms with Gasteiger partial charge < -0.3 is 10.4 Å². The molecule has 25 heavy (non-hydrogen) atoms. The molecule has 1 aromatic carbocycles. The summed E-state index contributed by atoms with van der Waals surface area (Å²) in [7, 11) is -3.31. The van der Waals surface area contributed by atoms with Crippen LogP contribution in [0.15, 0.2) is 41.3 Å². The van der Waals surface area contributed by atoms with Gasteiger partial charge in [0.25, 0.3) is 5.91 Å². The number of carbonyl (C=O) groups excluding carboxylic acids is 1. The molecule has 6 nitrogen and oxygen atoms in total. The van der Waals surface area contributed by atoms with E-state index in [1.165, 1.54) is 30.3 Å². The van der Waals surface area contributed by atoms with Crippen LogP contribution in [-0.2, 0) is 16.4 Å². The van der Waals surface area contributed by atoms with Gasteiger partial charge in [-0.2, -0.15) is 0 Å². The molecule has 2 rings (SSSR count). The van der Waals surface area contributed by atoms with Crippen molar-refractivity contribution in [2.75, 3.05) is 5.75 Å². The van der Waals surface area contributed by atoms with E-state index >= 15 is 0 Å². The molecule has 0 spiro atoms. The van der Waals surface area contributed by atoms with Gasteiger partial charge in [0, 0.05) is 10.4 Å². The predicted molar refractivity (Wildman–Crippen MR) is 95.9 cm³/mol. The molecule has 0 bridgehead atoms. The van der Waals surface area contributed by atoms with Gasteiger partial charge in [-0.05, 0) is 42.8 Å². The Morgan fingerprint density at radius 3 is 2.36 bits per heavy atom. The Labute approximate surface area is 150 Å². The van der Waals surface area contributed by atoms with Crippen LogP contribution in [0.2, 0.25) is 0 Å². The van der Waals surface area contributed by atoms with E-state index in [2.05, 4.69) is 5.32 Å². The minimum absolute atomic E-state index is 0.0966. The van der Waals surface area contributed by atoms with Crippen molar-refractivity contribution in [2.24, 2.45) is 0 Å². The fourth-order valence-corrected chi connectivity index (χ4v) is 4.36. The number of carboxylic acid groups (broad SMARTS) is 1. The number of sulfone groups is 1. The molecule has 134 valence electrons. The van der Waals surface area contributed by atoms with E-state index in [-0.39, 0.29) is 28.0 Å². The van der Waals surface area contributed by atoms with E-state index in [4.69, 9.17) is 5.11 Å². The Balaban J connectivity index is 1.99. The van der Waals surface area contributed by atoms with Crippen LogP contribution in [-0.4, -0.2) is 31.2 Å². The van der Waals surface area contributed by atoms with Gasteiger partial charge in [-0.25, -0.2) is 13.2 Å². The maximum absolute atomic E-state index is 12.1.